The van der Waals surface area contributed by atoms with Gasteiger partial charge in [-0.1, -0.05) is 0 Å². The molecule has 0 aromatic carbocycles. The van der Waals surface area contributed by atoms with Gasteiger partial charge in [0.05, 0.1) is 32.5 Å². The molecule has 1 aliphatic heterocycles. The third kappa shape index (κ3) is 4.46. The summed E-state index contributed by atoms with van der Waals surface area (Å²) >= 11 is 0. The molecule has 1 saturated heterocycles. The Labute approximate surface area is 118 Å². The van der Waals surface area contributed by atoms with E-state index in [0.717, 1.165) is 6.54 Å². The van der Waals surface area contributed by atoms with Crippen LogP contribution in [0.3, 0.4) is 0 Å². The van der Waals surface area contributed by atoms with Gasteiger partial charge in [-0.3, -0.25) is 0 Å². The summed E-state index contributed by atoms with van der Waals surface area (Å²) in [6.07, 6.45) is 0.0126. The van der Waals surface area contributed by atoms with E-state index in [1.807, 2.05) is 13.8 Å². The Bertz CT molecular complexity index is 388. The summed E-state index contributed by atoms with van der Waals surface area (Å²) in [4.78, 5) is 12.6. The highest BCUT2D eigenvalue weighted by molar-refractivity contribution is 5.35. The van der Waals surface area contributed by atoms with E-state index in [9.17, 15) is 0 Å². The third-order valence-corrected chi connectivity index (χ3v) is 2.60. The van der Waals surface area contributed by atoms with Gasteiger partial charge in [-0.25, -0.2) is 0 Å². The van der Waals surface area contributed by atoms with E-state index in [-0.39, 0.29) is 6.10 Å². The predicted molar refractivity (Wildman–Crippen MR) is 74.2 cm³/mol. The molecule has 1 unspecified atom stereocenters. The van der Waals surface area contributed by atoms with Crippen LogP contribution in [0.1, 0.15) is 13.8 Å². The van der Waals surface area contributed by atoms with Crippen molar-refractivity contribution in [2.24, 2.45) is 0 Å². The standard InChI is InChI=1S/C12H21N5O3/c1-3-13-10-15-11(17-12(16-10)19-4-2)14-7-9-8-18-5-6-20-9/h9H,3-8H2,1-2H3,(H2,13,14,15,16,17). The lowest BCUT2D eigenvalue weighted by molar-refractivity contribution is -0.0819. The Balaban J connectivity index is 1.97. The maximum Gasteiger partial charge on any atom is 0.323 e. The smallest absolute Gasteiger partial charge is 0.323 e. The molecular weight excluding hydrogens is 262 g/mol. The van der Waals surface area contributed by atoms with E-state index in [4.69, 9.17) is 14.2 Å². The Kier molecular flexibility index (Phi) is 5.75. The van der Waals surface area contributed by atoms with Gasteiger partial charge in [0.25, 0.3) is 0 Å². The number of hydrogen-bond acceptors (Lipinski definition) is 8. The molecule has 0 bridgehead atoms. The summed E-state index contributed by atoms with van der Waals surface area (Å²) in [5.41, 5.74) is 0. The highest BCUT2D eigenvalue weighted by Crippen LogP contribution is 2.11. The number of nitrogens with one attached hydrogen (secondary N) is 2. The van der Waals surface area contributed by atoms with Crippen LogP contribution in [0.15, 0.2) is 0 Å². The molecule has 0 aliphatic carbocycles. The van der Waals surface area contributed by atoms with Gasteiger partial charge in [0.2, 0.25) is 11.9 Å². The zero-order valence-electron chi connectivity index (χ0n) is 11.9. The zero-order chi connectivity index (χ0) is 14.2. The first-order chi connectivity index (χ1) is 9.81. The lowest BCUT2D eigenvalue weighted by Crippen LogP contribution is -2.34. The van der Waals surface area contributed by atoms with Crippen molar-refractivity contribution in [3.8, 4) is 6.01 Å². The average Bonchev–Trinajstić information content (AvgIpc) is 2.47. The van der Waals surface area contributed by atoms with E-state index in [1.54, 1.807) is 0 Å². The summed E-state index contributed by atoms with van der Waals surface area (Å²) in [5, 5.41) is 6.17. The summed E-state index contributed by atoms with van der Waals surface area (Å²) in [5.74, 6) is 0.961. The van der Waals surface area contributed by atoms with Crippen LogP contribution in [-0.4, -0.2) is 60.6 Å². The van der Waals surface area contributed by atoms with Gasteiger partial charge in [-0.05, 0) is 13.8 Å². The lowest BCUT2D eigenvalue weighted by atomic mass is 10.3. The maximum atomic E-state index is 5.55. The van der Waals surface area contributed by atoms with Gasteiger partial charge in [0, 0.05) is 13.1 Å². The molecule has 112 valence electrons. The first-order valence-corrected chi connectivity index (χ1v) is 6.87. The van der Waals surface area contributed by atoms with Crippen LogP contribution in [-0.2, 0) is 9.47 Å². The van der Waals surface area contributed by atoms with E-state index in [2.05, 4.69) is 25.6 Å². The number of ether oxygens (including phenoxy) is 3. The molecule has 8 heteroatoms. The maximum absolute atomic E-state index is 5.55. The topological polar surface area (TPSA) is 90.4 Å². The number of nitrogens with zero attached hydrogens (tertiary/aromatic N) is 3. The van der Waals surface area contributed by atoms with Crippen molar-refractivity contribution >= 4 is 11.9 Å². The molecule has 1 aromatic heterocycles. The second-order valence-corrected chi connectivity index (χ2v) is 4.18. The Hall–Kier alpha value is -1.67. The molecule has 2 heterocycles. The Morgan fingerprint density at radius 1 is 1.15 bits per heavy atom. The highest BCUT2D eigenvalue weighted by Gasteiger charge is 2.15. The van der Waals surface area contributed by atoms with Crippen LogP contribution in [0.2, 0.25) is 0 Å². The summed E-state index contributed by atoms with van der Waals surface area (Å²) in [7, 11) is 0. The molecule has 0 saturated carbocycles. The fourth-order valence-corrected chi connectivity index (χ4v) is 1.73. The fraction of sp³-hybridized carbons (Fsp3) is 0.750. The van der Waals surface area contributed by atoms with E-state index in [1.165, 1.54) is 0 Å². The molecule has 20 heavy (non-hydrogen) atoms. The molecule has 0 spiro atoms. The number of anilines is 2. The summed E-state index contributed by atoms with van der Waals surface area (Å²) in [6.45, 7) is 7.54. The molecule has 1 atom stereocenters. The second-order valence-electron chi connectivity index (χ2n) is 4.18. The molecule has 0 amide bonds. The van der Waals surface area contributed by atoms with Crippen LogP contribution in [0.25, 0.3) is 0 Å². The average molecular weight is 283 g/mol. The van der Waals surface area contributed by atoms with Crippen molar-refractivity contribution in [1.82, 2.24) is 15.0 Å². The molecule has 2 rings (SSSR count). The van der Waals surface area contributed by atoms with E-state index >= 15 is 0 Å². The van der Waals surface area contributed by atoms with Gasteiger partial charge in [-0.15, -0.1) is 0 Å². The second kappa shape index (κ2) is 7.81. The van der Waals surface area contributed by atoms with E-state index in [0.29, 0.717) is 50.9 Å². The Morgan fingerprint density at radius 2 is 1.95 bits per heavy atom. The molecule has 8 nitrogen and oxygen atoms in total. The van der Waals surface area contributed by atoms with Crippen LogP contribution in [0.5, 0.6) is 6.01 Å². The van der Waals surface area contributed by atoms with Gasteiger partial charge < -0.3 is 24.8 Å². The number of rotatable bonds is 7. The van der Waals surface area contributed by atoms with Crippen LogP contribution in [0.4, 0.5) is 11.9 Å². The summed E-state index contributed by atoms with van der Waals surface area (Å²) in [6, 6.07) is 0.307. The minimum Gasteiger partial charge on any atom is -0.464 e. The number of hydrogen-bond donors (Lipinski definition) is 2. The van der Waals surface area contributed by atoms with Crippen LogP contribution < -0.4 is 15.4 Å². The quantitative estimate of drug-likeness (QED) is 0.749. The lowest BCUT2D eigenvalue weighted by Gasteiger charge is -2.23. The fourth-order valence-electron chi connectivity index (χ4n) is 1.73. The van der Waals surface area contributed by atoms with Crippen molar-refractivity contribution in [3.05, 3.63) is 0 Å². The van der Waals surface area contributed by atoms with E-state index < -0.39 is 0 Å². The summed E-state index contributed by atoms with van der Waals surface area (Å²) < 4.78 is 16.2. The first kappa shape index (κ1) is 14.7. The molecule has 0 radical (unpaired) electrons. The first-order valence-electron chi connectivity index (χ1n) is 6.87. The number of aromatic nitrogens is 3. The molecule has 1 fully saturated rings. The third-order valence-electron chi connectivity index (χ3n) is 2.60. The monoisotopic (exact) mass is 283 g/mol. The van der Waals surface area contributed by atoms with Crippen molar-refractivity contribution in [3.63, 3.8) is 0 Å². The van der Waals surface area contributed by atoms with Crippen LogP contribution in [0, 0.1) is 0 Å². The zero-order valence-corrected chi connectivity index (χ0v) is 11.9. The minimum atomic E-state index is 0.0126. The largest absolute Gasteiger partial charge is 0.464 e. The SMILES string of the molecule is CCNc1nc(NCC2COCCO2)nc(OCC)n1. The highest BCUT2D eigenvalue weighted by atomic mass is 16.6. The molecular formula is C12H21N5O3. The predicted octanol–water partition coefficient (Wildman–Crippen LogP) is 0.529. The van der Waals surface area contributed by atoms with Gasteiger partial charge in [0.15, 0.2) is 0 Å². The van der Waals surface area contributed by atoms with Gasteiger partial charge >= 0.3 is 6.01 Å². The van der Waals surface area contributed by atoms with Gasteiger partial charge in [0.1, 0.15) is 0 Å². The molecule has 2 N–H and O–H groups in total. The van der Waals surface area contributed by atoms with Crippen molar-refractivity contribution in [1.29, 1.82) is 0 Å². The Morgan fingerprint density at radius 3 is 2.60 bits per heavy atom. The van der Waals surface area contributed by atoms with Crippen molar-refractivity contribution < 1.29 is 14.2 Å². The van der Waals surface area contributed by atoms with Crippen LogP contribution >= 0.6 is 0 Å². The van der Waals surface area contributed by atoms with Crippen molar-refractivity contribution in [2.45, 2.75) is 20.0 Å². The normalized spacial score (nSPS) is 18.6. The van der Waals surface area contributed by atoms with Gasteiger partial charge in [-0.2, -0.15) is 15.0 Å². The van der Waals surface area contributed by atoms with Crippen molar-refractivity contribution in [2.75, 3.05) is 50.2 Å². The molecule has 1 aromatic rings. The minimum absolute atomic E-state index is 0.0126. The molecule has 1 aliphatic rings.